The van der Waals surface area contributed by atoms with E-state index in [-0.39, 0.29) is 11.7 Å². The van der Waals surface area contributed by atoms with Crippen molar-refractivity contribution >= 4 is 44.1 Å². The van der Waals surface area contributed by atoms with Gasteiger partial charge in [-0.25, -0.2) is 9.37 Å². The molecule has 3 aromatic carbocycles. The molecule has 1 amide bonds. The minimum Gasteiger partial charge on any atom is -0.306 e. The summed E-state index contributed by atoms with van der Waals surface area (Å²) in [5.41, 5.74) is 1.57. The van der Waals surface area contributed by atoms with Crippen molar-refractivity contribution in [2.45, 2.75) is 6.92 Å². The van der Waals surface area contributed by atoms with Gasteiger partial charge >= 0.3 is 0 Å². The SMILES string of the molecule is Cc1cc(NC(=O)c2ccc3ccccc3c2)n(-c2nc3c(F)cccc3s2)n1. The fourth-order valence-electron chi connectivity index (χ4n) is 3.25. The molecule has 142 valence electrons. The number of anilines is 1. The summed E-state index contributed by atoms with van der Waals surface area (Å²) in [5, 5.41) is 9.89. The van der Waals surface area contributed by atoms with E-state index in [0.717, 1.165) is 21.2 Å². The van der Waals surface area contributed by atoms with Crippen molar-refractivity contribution in [2.24, 2.45) is 0 Å². The van der Waals surface area contributed by atoms with Gasteiger partial charge < -0.3 is 5.32 Å². The Morgan fingerprint density at radius 2 is 1.86 bits per heavy atom. The van der Waals surface area contributed by atoms with Gasteiger partial charge in [0.2, 0.25) is 5.13 Å². The minimum absolute atomic E-state index is 0.246. The van der Waals surface area contributed by atoms with Crippen LogP contribution < -0.4 is 5.32 Å². The van der Waals surface area contributed by atoms with Crippen LogP contribution in [-0.4, -0.2) is 20.7 Å². The lowest BCUT2D eigenvalue weighted by Gasteiger charge is -2.07. The molecule has 0 bridgehead atoms. The predicted molar refractivity (Wildman–Crippen MR) is 113 cm³/mol. The van der Waals surface area contributed by atoms with E-state index in [0.29, 0.717) is 22.0 Å². The Bertz CT molecular complexity index is 1390. The molecule has 29 heavy (non-hydrogen) atoms. The van der Waals surface area contributed by atoms with Crippen LogP contribution in [0, 0.1) is 12.7 Å². The Hall–Kier alpha value is -3.58. The molecular weight excluding hydrogens is 387 g/mol. The van der Waals surface area contributed by atoms with Crippen molar-refractivity contribution in [1.82, 2.24) is 14.8 Å². The Kier molecular flexibility index (Phi) is 4.10. The maximum absolute atomic E-state index is 14.0. The number of rotatable bonds is 3. The number of fused-ring (bicyclic) bond motifs is 2. The van der Waals surface area contributed by atoms with Gasteiger partial charge in [-0.05, 0) is 42.0 Å². The molecule has 0 fully saturated rings. The van der Waals surface area contributed by atoms with Gasteiger partial charge in [0.25, 0.3) is 5.91 Å². The zero-order chi connectivity index (χ0) is 20.0. The summed E-state index contributed by atoms with van der Waals surface area (Å²) < 4.78 is 16.3. The van der Waals surface area contributed by atoms with Crippen molar-refractivity contribution in [1.29, 1.82) is 0 Å². The number of halogens is 1. The zero-order valence-electron chi connectivity index (χ0n) is 15.4. The monoisotopic (exact) mass is 402 g/mol. The first-order valence-electron chi connectivity index (χ1n) is 9.01. The van der Waals surface area contributed by atoms with E-state index in [1.54, 1.807) is 22.9 Å². The van der Waals surface area contributed by atoms with Crippen LogP contribution in [0.25, 0.3) is 26.1 Å². The lowest BCUT2D eigenvalue weighted by Crippen LogP contribution is -2.15. The first-order valence-corrected chi connectivity index (χ1v) is 9.82. The van der Waals surface area contributed by atoms with Gasteiger partial charge in [-0.15, -0.1) is 0 Å². The smallest absolute Gasteiger partial charge is 0.256 e. The highest BCUT2D eigenvalue weighted by molar-refractivity contribution is 7.20. The largest absolute Gasteiger partial charge is 0.306 e. The predicted octanol–water partition coefficient (Wildman–Crippen LogP) is 5.34. The van der Waals surface area contributed by atoms with Gasteiger partial charge in [-0.2, -0.15) is 9.78 Å². The molecule has 0 saturated heterocycles. The van der Waals surface area contributed by atoms with Crippen molar-refractivity contribution in [3.05, 3.63) is 83.8 Å². The third kappa shape index (κ3) is 3.15. The molecule has 0 aliphatic carbocycles. The molecule has 7 heteroatoms. The molecule has 5 rings (SSSR count). The molecule has 0 saturated carbocycles. The van der Waals surface area contributed by atoms with Gasteiger partial charge in [0.1, 0.15) is 17.2 Å². The summed E-state index contributed by atoms with van der Waals surface area (Å²) in [6.45, 7) is 1.83. The normalized spacial score (nSPS) is 11.2. The molecule has 0 atom stereocenters. The Morgan fingerprint density at radius 1 is 1.03 bits per heavy atom. The summed E-state index contributed by atoms with van der Waals surface area (Å²) in [7, 11) is 0. The van der Waals surface area contributed by atoms with E-state index in [1.165, 1.54) is 17.4 Å². The standard InChI is InChI=1S/C22H15FN4OS/c1-13-11-19(24-21(28)16-10-9-14-5-2-3-6-15(14)12-16)27(26-13)22-25-20-17(23)7-4-8-18(20)29-22/h2-12H,1H3,(H,24,28). The average molecular weight is 402 g/mol. The highest BCUT2D eigenvalue weighted by atomic mass is 32.1. The third-order valence-corrected chi connectivity index (χ3v) is 5.62. The van der Waals surface area contributed by atoms with E-state index >= 15 is 0 Å². The van der Waals surface area contributed by atoms with Gasteiger partial charge in [-0.1, -0.05) is 47.7 Å². The second kappa shape index (κ2) is 6.79. The number of carbonyl (C=O) groups is 1. The highest BCUT2D eigenvalue weighted by Gasteiger charge is 2.16. The van der Waals surface area contributed by atoms with E-state index in [9.17, 15) is 9.18 Å². The number of hydrogen-bond donors (Lipinski definition) is 1. The fraction of sp³-hybridized carbons (Fsp3) is 0.0455. The van der Waals surface area contributed by atoms with Crippen LogP contribution in [0.3, 0.4) is 0 Å². The second-order valence-electron chi connectivity index (χ2n) is 6.68. The van der Waals surface area contributed by atoms with Gasteiger partial charge in [-0.3, -0.25) is 4.79 Å². The molecule has 0 radical (unpaired) electrons. The average Bonchev–Trinajstić information content (AvgIpc) is 3.31. The number of nitrogens with one attached hydrogen (secondary N) is 1. The van der Waals surface area contributed by atoms with Crippen LogP contribution in [0.15, 0.2) is 66.7 Å². The molecule has 2 heterocycles. The Labute approximate surface area is 169 Å². The molecule has 5 aromatic rings. The van der Waals surface area contributed by atoms with Gasteiger partial charge in [0, 0.05) is 11.6 Å². The van der Waals surface area contributed by atoms with Crippen molar-refractivity contribution in [3.63, 3.8) is 0 Å². The van der Waals surface area contributed by atoms with Crippen LogP contribution in [-0.2, 0) is 0 Å². The third-order valence-electron chi connectivity index (χ3n) is 4.62. The molecule has 1 N–H and O–H groups in total. The van der Waals surface area contributed by atoms with Gasteiger partial charge in [0.05, 0.1) is 10.4 Å². The minimum atomic E-state index is -0.379. The lowest BCUT2D eigenvalue weighted by molar-refractivity contribution is 0.102. The summed E-state index contributed by atoms with van der Waals surface area (Å²) in [4.78, 5) is 17.2. The van der Waals surface area contributed by atoms with E-state index < -0.39 is 0 Å². The second-order valence-corrected chi connectivity index (χ2v) is 7.69. The molecule has 0 spiro atoms. The molecule has 0 aliphatic rings. The Morgan fingerprint density at radius 3 is 2.69 bits per heavy atom. The number of aryl methyl sites for hydroxylation is 1. The van der Waals surface area contributed by atoms with Crippen LogP contribution in [0.1, 0.15) is 16.1 Å². The molecule has 0 unspecified atom stereocenters. The van der Waals surface area contributed by atoms with Crippen molar-refractivity contribution in [2.75, 3.05) is 5.32 Å². The number of amides is 1. The van der Waals surface area contributed by atoms with E-state index in [1.807, 2.05) is 49.4 Å². The maximum Gasteiger partial charge on any atom is 0.256 e. The van der Waals surface area contributed by atoms with Crippen molar-refractivity contribution < 1.29 is 9.18 Å². The maximum atomic E-state index is 14.0. The topological polar surface area (TPSA) is 59.8 Å². The number of aromatic nitrogens is 3. The van der Waals surface area contributed by atoms with E-state index in [4.69, 9.17) is 0 Å². The number of benzene rings is 3. The molecule has 5 nitrogen and oxygen atoms in total. The number of carbonyl (C=O) groups excluding carboxylic acids is 1. The summed E-state index contributed by atoms with van der Waals surface area (Å²) in [6, 6.07) is 20.0. The fourth-order valence-corrected chi connectivity index (χ4v) is 4.19. The molecule has 2 aromatic heterocycles. The summed E-state index contributed by atoms with van der Waals surface area (Å²) in [6.07, 6.45) is 0. The zero-order valence-corrected chi connectivity index (χ0v) is 16.2. The molecular formula is C22H15FN4OS. The van der Waals surface area contributed by atoms with Crippen LogP contribution in [0.4, 0.5) is 10.2 Å². The number of hydrogen-bond acceptors (Lipinski definition) is 4. The Balaban J connectivity index is 1.51. The number of nitrogens with zero attached hydrogens (tertiary/aromatic N) is 3. The van der Waals surface area contributed by atoms with Crippen LogP contribution in [0.2, 0.25) is 0 Å². The van der Waals surface area contributed by atoms with E-state index in [2.05, 4.69) is 15.4 Å². The number of para-hydroxylation sites is 1. The number of thiazole rings is 1. The quantitative estimate of drug-likeness (QED) is 0.443. The highest BCUT2D eigenvalue weighted by Crippen LogP contribution is 2.29. The summed E-state index contributed by atoms with van der Waals surface area (Å²) in [5.74, 6) is -0.139. The first-order chi connectivity index (χ1) is 14.1. The van der Waals surface area contributed by atoms with Crippen LogP contribution >= 0.6 is 11.3 Å². The van der Waals surface area contributed by atoms with Crippen molar-refractivity contribution in [3.8, 4) is 5.13 Å². The van der Waals surface area contributed by atoms with Crippen LogP contribution in [0.5, 0.6) is 0 Å². The summed E-state index contributed by atoms with van der Waals surface area (Å²) >= 11 is 1.31. The molecule has 0 aliphatic heterocycles. The lowest BCUT2D eigenvalue weighted by atomic mass is 10.1. The van der Waals surface area contributed by atoms with Gasteiger partial charge in [0.15, 0.2) is 0 Å². The first kappa shape index (κ1) is 17.5.